The highest BCUT2D eigenvalue weighted by Crippen LogP contribution is 2.38. The normalized spacial score (nSPS) is 20.4. The van der Waals surface area contributed by atoms with E-state index >= 15 is 0 Å². The zero-order valence-electron chi connectivity index (χ0n) is 19.7. The Bertz CT molecular complexity index is 1220. The molecule has 3 aromatic rings. The quantitative estimate of drug-likeness (QED) is 0.539. The molecule has 1 aromatic heterocycles. The Balaban J connectivity index is 1.48. The average Bonchev–Trinajstić information content (AvgIpc) is 3.30. The smallest absolute Gasteiger partial charge is 0.332 e. The molecule has 0 N–H and O–H groups in total. The molecule has 1 saturated heterocycles. The number of aryl methyl sites for hydroxylation is 2. The van der Waals surface area contributed by atoms with E-state index < -0.39 is 0 Å². The fourth-order valence-corrected chi connectivity index (χ4v) is 5.21. The summed E-state index contributed by atoms with van der Waals surface area (Å²) in [4.78, 5) is 34.8. The minimum Gasteiger partial charge on any atom is -0.496 e. The SMILES string of the molecule is COc1ccccc1-c1noc(CN2C(=O)N(c3cc(C)cc(C)c3)C(=O)C3CCCCC32)n1. The Morgan fingerprint density at radius 1 is 1.06 bits per heavy atom. The summed E-state index contributed by atoms with van der Waals surface area (Å²) in [5.41, 5.74) is 3.34. The van der Waals surface area contributed by atoms with Crippen molar-refractivity contribution in [1.29, 1.82) is 0 Å². The molecule has 1 aliphatic carbocycles. The van der Waals surface area contributed by atoms with E-state index in [1.807, 2.05) is 56.3 Å². The molecule has 2 aromatic carbocycles. The number of carbonyl (C=O) groups excluding carboxylic acids is 2. The first-order valence-corrected chi connectivity index (χ1v) is 11.6. The fraction of sp³-hybridized carbons (Fsp3) is 0.385. The summed E-state index contributed by atoms with van der Waals surface area (Å²) in [6.07, 6.45) is 3.52. The van der Waals surface area contributed by atoms with Crippen LogP contribution in [0.25, 0.3) is 11.4 Å². The first-order chi connectivity index (χ1) is 16.5. The van der Waals surface area contributed by atoms with E-state index in [0.29, 0.717) is 28.7 Å². The van der Waals surface area contributed by atoms with Crippen LogP contribution in [0.1, 0.15) is 42.7 Å². The van der Waals surface area contributed by atoms with E-state index in [1.54, 1.807) is 12.0 Å². The standard InChI is InChI=1S/C26H28N4O4/c1-16-12-17(2)14-18(13-16)30-25(31)19-8-4-6-10-21(19)29(26(30)32)15-23-27-24(28-34-23)20-9-5-7-11-22(20)33-3/h5,7,9,11-14,19,21H,4,6,8,10,15H2,1-3H3. The minimum atomic E-state index is -0.338. The largest absolute Gasteiger partial charge is 0.496 e. The van der Waals surface area contributed by atoms with E-state index in [-0.39, 0.29) is 30.4 Å². The molecule has 2 heterocycles. The summed E-state index contributed by atoms with van der Waals surface area (Å²) in [6.45, 7) is 4.08. The van der Waals surface area contributed by atoms with Crippen molar-refractivity contribution in [2.24, 2.45) is 5.92 Å². The van der Waals surface area contributed by atoms with Crippen molar-refractivity contribution >= 4 is 17.6 Å². The van der Waals surface area contributed by atoms with Crippen LogP contribution in [0.4, 0.5) is 10.5 Å². The maximum atomic E-state index is 13.7. The Labute approximate surface area is 198 Å². The predicted molar refractivity (Wildman–Crippen MR) is 126 cm³/mol. The van der Waals surface area contributed by atoms with Crippen LogP contribution in [0.5, 0.6) is 5.75 Å². The molecule has 2 unspecified atom stereocenters. The molecule has 2 aliphatic rings. The monoisotopic (exact) mass is 460 g/mol. The van der Waals surface area contributed by atoms with Crippen molar-refractivity contribution in [2.75, 3.05) is 12.0 Å². The van der Waals surface area contributed by atoms with E-state index in [9.17, 15) is 9.59 Å². The van der Waals surface area contributed by atoms with Crippen LogP contribution in [0.15, 0.2) is 47.0 Å². The Morgan fingerprint density at radius 3 is 2.56 bits per heavy atom. The number of anilines is 1. The van der Waals surface area contributed by atoms with Crippen LogP contribution in [0.2, 0.25) is 0 Å². The van der Waals surface area contributed by atoms with Gasteiger partial charge < -0.3 is 14.2 Å². The summed E-state index contributed by atoms with van der Waals surface area (Å²) in [5.74, 6) is 1.02. The van der Waals surface area contributed by atoms with Gasteiger partial charge >= 0.3 is 6.03 Å². The molecular weight excluding hydrogens is 432 g/mol. The van der Waals surface area contributed by atoms with Gasteiger partial charge in [0.1, 0.15) is 12.3 Å². The number of imide groups is 1. The number of nitrogens with zero attached hydrogens (tertiary/aromatic N) is 4. The second-order valence-corrected chi connectivity index (χ2v) is 9.10. The van der Waals surface area contributed by atoms with Crippen molar-refractivity contribution in [2.45, 2.75) is 52.1 Å². The van der Waals surface area contributed by atoms with E-state index in [4.69, 9.17) is 9.26 Å². The van der Waals surface area contributed by atoms with Gasteiger partial charge in [0.15, 0.2) is 0 Å². The maximum Gasteiger partial charge on any atom is 0.332 e. The minimum absolute atomic E-state index is 0.115. The van der Waals surface area contributed by atoms with Gasteiger partial charge in [-0.15, -0.1) is 0 Å². The van der Waals surface area contributed by atoms with E-state index in [2.05, 4.69) is 10.1 Å². The molecule has 8 heteroatoms. The van der Waals surface area contributed by atoms with Gasteiger partial charge in [-0.05, 0) is 62.1 Å². The molecule has 0 bridgehead atoms. The lowest BCUT2D eigenvalue weighted by Crippen LogP contribution is -2.62. The van der Waals surface area contributed by atoms with Crippen molar-refractivity contribution in [3.8, 4) is 17.1 Å². The van der Waals surface area contributed by atoms with Crippen LogP contribution < -0.4 is 9.64 Å². The molecule has 3 amide bonds. The lowest BCUT2D eigenvalue weighted by molar-refractivity contribution is -0.127. The second kappa shape index (κ2) is 8.93. The zero-order chi connectivity index (χ0) is 23.8. The Hall–Kier alpha value is -3.68. The van der Waals surface area contributed by atoms with Crippen molar-refractivity contribution in [3.63, 3.8) is 0 Å². The number of benzene rings is 2. The third kappa shape index (κ3) is 3.93. The van der Waals surface area contributed by atoms with Crippen molar-refractivity contribution in [3.05, 3.63) is 59.5 Å². The lowest BCUT2D eigenvalue weighted by Gasteiger charge is -2.46. The third-order valence-corrected chi connectivity index (χ3v) is 6.69. The van der Waals surface area contributed by atoms with Crippen molar-refractivity contribution < 1.29 is 18.8 Å². The van der Waals surface area contributed by atoms with Gasteiger partial charge in [-0.1, -0.05) is 36.2 Å². The first-order valence-electron chi connectivity index (χ1n) is 11.6. The van der Waals surface area contributed by atoms with Gasteiger partial charge in [0.2, 0.25) is 17.6 Å². The molecule has 2 atom stereocenters. The van der Waals surface area contributed by atoms with Gasteiger partial charge in [0.05, 0.1) is 24.3 Å². The number of carbonyl (C=O) groups is 2. The summed E-state index contributed by atoms with van der Waals surface area (Å²) in [6, 6.07) is 12.7. The number of urea groups is 1. The van der Waals surface area contributed by atoms with E-state index in [1.165, 1.54) is 4.90 Å². The lowest BCUT2D eigenvalue weighted by atomic mass is 9.81. The molecular formula is C26H28N4O4. The molecule has 0 radical (unpaired) electrons. The van der Waals surface area contributed by atoms with Crippen LogP contribution in [0, 0.1) is 19.8 Å². The number of methoxy groups -OCH3 is 1. The number of rotatable bonds is 5. The molecule has 176 valence electrons. The van der Waals surface area contributed by atoms with Crippen LogP contribution in [-0.2, 0) is 11.3 Å². The summed E-state index contributed by atoms with van der Waals surface area (Å²) in [5, 5.41) is 4.12. The second-order valence-electron chi connectivity index (χ2n) is 9.10. The van der Waals surface area contributed by atoms with Gasteiger partial charge in [0.25, 0.3) is 0 Å². The number of ether oxygens (including phenoxy) is 1. The highest BCUT2D eigenvalue weighted by atomic mass is 16.5. The van der Waals surface area contributed by atoms with Gasteiger partial charge in [0, 0.05) is 6.04 Å². The Kier molecular flexibility index (Phi) is 5.81. The van der Waals surface area contributed by atoms with Gasteiger partial charge in [-0.2, -0.15) is 4.98 Å². The predicted octanol–water partition coefficient (Wildman–Crippen LogP) is 4.89. The molecule has 1 saturated carbocycles. The maximum absolute atomic E-state index is 13.7. The van der Waals surface area contributed by atoms with Crippen LogP contribution in [0.3, 0.4) is 0 Å². The number of fused-ring (bicyclic) bond motifs is 1. The number of hydrogen-bond acceptors (Lipinski definition) is 6. The van der Waals surface area contributed by atoms with Crippen LogP contribution in [-0.4, -0.2) is 40.1 Å². The summed E-state index contributed by atoms with van der Waals surface area (Å²) < 4.78 is 11.0. The topological polar surface area (TPSA) is 88.8 Å². The third-order valence-electron chi connectivity index (χ3n) is 6.69. The molecule has 5 rings (SSSR count). The molecule has 8 nitrogen and oxygen atoms in total. The summed E-state index contributed by atoms with van der Waals surface area (Å²) in [7, 11) is 1.59. The molecule has 2 fully saturated rings. The number of aromatic nitrogens is 2. The molecule has 34 heavy (non-hydrogen) atoms. The molecule has 0 spiro atoms. The first kappa shape index (κ1) is 22.1. The fourth-order valence-electron chi connectivity index (χ4n) is 5.21. The summed E-state index contributed by atoms with van der Waals surface area (Å²) >= 11 is 0. The highest BCUT2D eigenvalue weighted by Gasteiger charge is 2.48. The van der Waals surface area contributed by atoms with Crippen molar-refractivity contribution in [1.82, 2.24) is 15.0 Å². The van der Waals surface area contributed by atoms with Gasteiger partial charge in [-0.3, -0.25) is 4.79 Å². The zero-order valence-corrected chi connectivity index (χ0v) is 19.7. The van der Waals surface area contributed by atoms with Gasteiger partial charge in [-0.25, -0.2) is 9.69 Å². The molecule has 1 aliphatic heterocycles. The number of amides is 3. The highest BCUT2D eigenvalue weighted by molar-refractivity contribution is 6.17. The Morgan fingerprint density at radius 2 is 1.79 bits per heavy atom. The van der Waals surface area contributed by atoms with Crippen LogP contribution >= 0.6 is 0 Å². The van der Waals surface area contributed by atoms with E-state index in [0.717, 1.165) is 36.8 Å². The number of hydrogen-bond donors (Lipinski definition) is 0. The number of para-hydroxylation sites is 1. The average molecular weight is 461 g/mol.